The van der Waals surface area contributed by atoms with E-state index in [1.165, 1.54) is 30.0 Å². The summed E-state index contributed by atoms with van der Waals surface area (Å²) < 4.78 is 23.9. The van der Waals surface area contributed by atoms with Gasteiger partial charge in [-0.2, -0.15) is 0 Å². The smallest absolute Gasteiger partial charge is 0.221 e. The van der Waals surface area contributed by atoms with Crippen LogP contribution < -0.4 is 4.74 Å². The number of benzene rings is 1. The molecule has 0 N–H and O–H groups in total. The van der Waals surface area contributed by atoms with Gasteiger partial charge in [0.15, 0.2) is 0 Å². The average molecular weight is 315 g/mol. The summed E-state index contributed by atoms with van der Waals surface area (Å²) in [4.78, 5) is 4.34. The molecule has 1 aromatic heterocycles. The highest BCUT2D eigenvalue weighted by molar-refractivity contribution is 5.56. The molecule has 0 amide bonds. The Hall–Kier alpha value is -2.10. The second kappa shape index (κ2) is 6.99. The lowest BCUT2D eigenvalue weighted by Crippen LogP contribution is -2.02. The zero-order valence-electron chi connectivity index (χ0n) is 13.7. The van der Waals surface area contributed by atoms with Crippen molar-refractivity contribution in [2.45, 2.75) is 39.5 Å². The predicted molar refractivity (Wildman–Crippen MR) is 88.5 cm³/mol. The van der Waals surface area contributed by atoms with E-state index in [-0.39, 0.29) is 0 Å². The normalized spacial score (nSPS) is 14.1. The van der Waals surface area contributed by atoms with Crippen molar-refractivity contribution in [3.63, 3.8) is 0 Å². The first kappa shape index (κ1) is 15.8. The molecule has 0 atom stereocenters. The van der Waals surface area contributed by atoms with Crippen molar-refractivity contribution >= 4 is 5.57 Å². The number of aromatic nitrogens is 1. The molecule has 3 nitrogen and oxygen atoms in total. The Labute approximate surface area is 136 Å². The van der Waals surface area contributed by atoms with E-state index in [9.17, 15) is 4.39 Å². The summed E-state index contributed by atoms with van der Waals surface area (Å²) in [5, 5.41) is 0. The molecule has 23 heavy (non-hydrogen) atoms. The van der Waals surface area contributed by atoms with E-state index in [1.54, 1.807) is 6.92 Å². The molecule has 1 aliphatic carbocycles. The SMILES string of the molecule is C/C(=C\CF)c1nc(C)c(CCOc2ccc3c(c2)CCC3)o1. The summed E-state index contributed by atoms with van der Waals surface area (Å²) in [7, 11) is 0. The lowest BCUT2D eigenvalue weighted by atomic mass is 10.1. The molecule has 0 saturated heterocycles. The van der Waals surface area contributed by atoms with Gasteiger partial charge in [0.1, 0.15) is 18.2 Å². The first-order valence-electron chi connectivity index (χ1n) is 8.11. The summed E-state index contributed by atoms with van der Waals surface area (Å²) in [6.45, 7) is 3.74. The van der Waals surface area contributed by atoms with Gasteiger partial charge in [0, 0.05) is 12.0 Å². The largest absolute Gasteiger partial charge is 0.493 e. The lowest BCUT2D eigenvalue weighted by Gasteiger charge is -2.07. The Morgan fingerprint density at radius 2 is 2.17 bits per heavy atom. The molecule has 0 bridgehead atoms. The van der Waals surface area contributed by atoms with Crippen molar-refractivity contribution in [3.05, 3.63) is 52.7 Å². The van der Waals surface area contributed by atoms with Gasteiger partial charge in [-0.1, -0.05) is 6.07 Å². The number of hydrogen-bond acceptors (Lipinski definition) is 3. The Morgan fingerprint density at radius 1 is 1.35 bits per heavy atom. The molecule has 0 unspecified atom stereocenters. The predicted octanol–water partition coefficient (Wildman–Crippen LogP) is 4.47. The van der Waals surface area contributed by atoms with Crippen molar-refractivity contribution in [2.24, 2.45) is 0 Å². The van der Waals surface area contributed by atoms with Crippen molar-refractivity contribution in [3.8, 4) is 5.75 Å². The number of fused-ring (bicyclic) bond motifs is 1. The van der Waals surface area contributed by atoms with Gasteiger partial charge in [-0.05, 0) is 62.4 Å². The van der Waals surface area contributed by atoms with Crippen LogP contribution in [0.2, 0.25) is 0 Å². The molecule has 1 heterocycles. The van der Waals surface area contributed by atoms with Gasteiger partial charge >= 0.3 is 0 Å². The number of alkyl halides is 1. The molecule has 0 saturated carbocycles. The van der Waals surface area contributed by atoms with E-state index >= 15 is 0 Å². The van der Waals surface area contributed by atoms with Gasteiger partial charge in [-0.25, -0.2) is 9.37 Å². The number of halogens is 1. The number of hydrogen-bond donors (Lipinski definition) is 0. The molecule has 0 fully saturated rings. The quantitative estimate of drug-likeness (QED) is 0.789. The fourth-order valence-corrected chi connectivity index (χ4v) is 2.93. The maximum Gasteiger partial charge on any atom is 0.221 e. The van der Waals surface area contributed by atoms with Crippen LogP contribution in [0.15, 0.2) is 28.7 Å². The van der Waals surface area contributed by atoms with Crippen LogP contribution >= 0.6 is 0 Å². The Morgan fingerprint density at radius 3 is 3.00 bits per heavy atom. The van der Waals surface area contributed by atoms with E-state index in [0.717, 1.165) is 29.2 Å². The van der Waals surface area contributed by atoms with Crippen LogP contribution in [0, 0.1) is 6.92 Å². The topological polar surface area (TPSA) is 35.3 Å². The summed E-state index contributed by atoms with van der Waals surface area (Å²) in [6, 6.07) is 6.35. The zero-order chi connectivity index (χ0) is 16.2. The average Bonchev–Trinajstić information content (AvgIpc) is 3.14. The van der Waals surface area contributed by atoms with Crippen LogP contribution in [0.5, 0.6) is 5.75 Å². The maximum absolute atomic E-state index is 12.4. The van der Waals surface area contributed by atoms with Gasteiger partial charge in [0.25, 0.3) is 0 Å². The van der Waals surface area contributed by atoms with Crippen LogP contribution in [0.25, 0.3) is 5.57 Å². The van der Waals surface area contributed by atoms with E-state index in [0.29, 0.717) is 18.9 Å². The third-order valence-corrected chi connectivity index (χ3v) is 4.28. The highest BCUT2D eigenvalue weighted by atomic mass is 19.1. The second-order valence-corrected chi connectivity index (χ2v) is 5.95. The number of rotatable bonds is 6. The van der Waals surface area contributed by atoms with Crippen molar-refractivity contribution in [1.29, 1.82) is 0 Å². The molecule has 1 aromatic carbocycles. The van der Waals surface area contributed by atoms with E-state index in [2.05, 4.69) is 17.1 Å². The summed E-state index contributed by atoms with van der Waals surface area (Å²) in [5.41, 5.74) is 4.42. The van der Waals surface area contributed by atoms with Crippen molar-refractivity contribution in [1.82, 2.24) is 4.98 Å². The van der Waals surface area contributed by atoms with E-state index < -0.39 is 6.67 Å². The van der Waals surface area contributed by atoms with E-state index in [4.69, 9.17) is 9.15 Å². The fourth-order valence-electron chi connectivity index (χ4n) is 2.93. The molecular formula is C19H22FNO2. The summed E-state index contributed by atoms with van der Waals surface area (Å²) in [6.07, 6.45) is 5.69. The molecule has 2 aromatic rings. The maximum atomic E-state index is 12.4. The molecule has 0 aliphatic heterocycles. The van der Waals surface area contributed by atoms with E-state index in [1.807, 2.05) is 13.0 Å². The van der Waals surface area contributed by atoms with Gasteiger partial charge < -0.3 is 9.15 Å². The standard InChI is InChI=1S/C19H22FNO2/c1-13(8-10-20)19-21-14(2)18(23-19)9-11-22-17-7-6-15-4-3-5-16(15)12-17/h6-8,12H,3-5,9-11H2,1-2H3/b13-8+. The summed E-state index contributed by atoms with van der Waals surface area (Å²) >= 11 is 0. The molecular weight excluding hydrogens is 293 g/mol. The fraction of sp³-hybridized carbons (Fsp3) is 0.421. The minimum absolute atomic E-state index is 0.493. The number of ether oxygens (including phenoxy) is 1. The molecule has 0 radical (unpaired) electrons. The van der Waals surface area contributed by atoms with Crippen LogP contribution in [-0.2, 0) is 19.3 Å². The van der Waals surface area contributed by atoms with Crippen LogP contribution in [0.3, 0.4) is 0 Å². The third kappa shape index (κ3) is 3.63. The third-order valence-electron chi connectivity index (χ3n) is 4.28. The Bertz CT molecular complexity index is 718. The first-order valence-corrected chi connectivity index (χ1v) is 8.11. The molecule has 122 valence electrons. The zero-order valence-corrected chi connectivity index (χ0v) is 13.7. The van der Waals surface area contributed by atoms with Gasteiger partial charge in [0.05, 0.1) is 12.3 Å². The number of aryl methyl sites for hydroxylation is 3. The summed E-state index contributed by atoms with van der Waals surface area (Å²) in [5.74, 6) is 2.21. The number of allylic oxidation sites excluding steroid dienone is 2. The van der Waals surface area contributed by atoms with Crippen LogP contribution in [-0.4, -0.2) is 18.3 Å². The lowest BCUT2D eigenvalue weighted by molar-refractivity contribution is 0.308. The monoisotopic (exact) mass is 315 g/mol. The van der Waals surface area contributed by atoms with Crippen molar-refractivity contribution in [2.75, 3.05) is 13.3 Å². The Kier molecular flexibility index (Phi) is 4.79. The highest BCUT2D eigenvalue weighted by Gasteiger charge is 2.13. The van der Waals surface area contributed by atoms with Crippen LogP contribution in [0.4, 0.5) is 4.39 Å². The minimum Gasteiger partial charge on any atom is -0.493 e. The Balaban J connectivity index is 1.59. The molecule has 4 heteroatoms. The first-order chi connectivity index (χ1) is 11.2. The van der Waals surface area contributed by atoms with Crippen molar-refractivity contribution < 1.29 is 13.5 Å². The van der Waals surface area contributed by atoms with Crippen LogP contribution in [0.1, 0.15) is 41.8 Å². The minimum atomic E-state index is -0.510. The molecule has 0 spiro atoms. The second-order valence-electron chi connectivity index (χ2n) is 5.95. The highest BCUT2D eigenvalue weighted by Crippen LogP contribution is 2.26. The molecule has 1 aliphatic rings. The number of oxazole rings is 1. The van der Waals surface area contributed by atoms with Gasteiger partial charge in [-0.3, -0.25) is 0 Å². The van der Waals surface area contributed by atoms with Gasteiger partial charge in [-0.15, -0.1) is 0 Å². The number of nitrogens with zero attached hydrogens (tertiary/aromatic N) is 1. The van der Waals surface area contributed by atoms with Gasteiger partial charge in [0.2, 0.25) is 5.89 Å². The molecule has 3 rings (SSSR count).